The van der Waals surface area contributed by atoms with Crippen LogP contribution in [0.3, 0.4) is 0 Å². The van der Waals surface area contributed by atoms with Crippen LogP contribution in [0.1, 0.15) is 58.9 Å². The van der Waals surface area contributed by atoms with Gasteiger partial charge in [0.15, 0.2) is 0 Å². The first-order valence-electron chi connectivity index (χ1n) is 10.1. The summed E-state index contributed by atoms with van der Waals surface area (Å²) in [6.07, 6.45) is 5.14. The van der Waals surface area contributed by atoms with E-state index in [-0.39, 0.29) is 16.4 Å². The molecule has 2 N–H and O–H groups in total. The van der Waals surface area contributed by atoms with E-state index < -0.39 is 10.1 Å². The Balaban J connectivity index is 0.000000168. The summed E-state index contributed by atoms with van der Waals surface area (Å²) >= 11 is 0. The van der Waals surface area contributed by atoms with Crippen molar-refractivity contribution in [3.05, 3.63) is 29.8 Å². The van der Waals surface area contributed by atoms with Crippen LogP contribution in [-0.2, 0) is 10.1 Å². The van der Waals surface area contributed by atoms with E-state index in [0.717, 1.165) is 23.3 Å². The number of aliphatic hydroxyl groups excluding tert-OH is 1. The molecule has 27 heavy (non-hydrogen) atoms. The Kier molecular flexibility index (Phi) is 5.28. The molecule has 3 fully saturated rings. The van der Waals surface area contributed by atoms with Crippen LogP contribution in [0.4, 0.5) is 0 Å². The van der Waals surface area contributed by atoms with E-state index in [4.69, 9.17) is 4.55 Å². The van der Waals surface area contributed by atoms with Gasteiger partial charge in [0, 0.05) is 0 Å². The molecular weight excluding hydrogens is 360 g/mol. The first-order valence-corrected chi connectivity index (χ1v) is 11.5. The van der Waals surface area contributed by atoms with Gasteiger partial charge in [-0.05, 0) is 72.8 Å². The van der Waals surface area contributed by atoms with E-state index in [2.05, 4.69) is 27.7 Å². The highest BCUT2D eigenvalue weighted by Gasteiger charge is 2.66. The van der Waals surface area contributed by atoms with Crippen molar-refractivity contribution in [3.63, 3.8) is 0 Å². The summed E-state index contributed by atoms with van der Waals surface area (Å²) in [5, 5.41) is 10.7. The topological polar surface area (TPSA) is 74.6 Å². The zero-order valence-electron chi connectivity index (χ0n) is 17.1. The lowest BCUT2D eigenvalue weighted by molar-refractivity contribution is 0.0166. The Morgan fingerprint density at radius 3 is 2.19 bits per heavy atom. The fourth-order valence-corrected chi connectivity index (χ4v) is 6.97. The van der Waals surface area contributed by atoms with Crippen LogP contribution in [0.25, 0.3) is 0 Å². The Morgan fingerprint density at radius 1 is 1.04 bits per heavy atom. The van der Waals surface area contributed by atoms with Gasteiger partial charge in [0.05, 0.1) is 11.0 Å². The largest absolute Gasteiger partial charge is 0.392 e. The summed E-state index contributed by atoms with van der Waals surface area (Å²) in [6.45, 7) is 11.5. The lowest BCUT2D eigenvalue weighted by Gasteiger charge is -2.38. The van der Waals surface area contributed by atoms with Crippen LogP contribution in [-0.4, -0.2) is 24.2 Å². The van der Waals surface area contributed by atoms with E-state index in [9.17, 15) is 13.5 Å². The second kappa shape index (κ2) is 6.85. The van der Waals surface area contributed by atoms with Crippen LogP contribution in [0.5, 0.6) is 0 Å². The Morgan fingerprint density at radius 2 is 1.63 bits per heavy atom. The Hall–Kier alpha value is -0.910. The lowest BCUT2D eigenvalue weighted by Crippen LogP contribution is -2.35. The van der Waals surface area contributed by atoms with Gasteiger partial charge in [-0.3, -0.25) is 4.55 Å². The molecule has 1 aromatic rings. The third-order valence-corrected chi connectivity index (χ3v) is 8.62. The maximum atomic E-state index is 10.7. The highest BCUT2D eigenvalue weighted by atomic mass is 32.2. The molecule has 0 heterocycles. The van der Waals surface area contributed by atoms with E-state index in [0.29, 0.717) is 11.3 Å². The smallest absolute Gasteiger partial charge is 0.294 e. The molecule has 6 atom stereocenters. The molecule has 0 aliphatic heterocycles. The molecule has 0 saturated heterocycles. The average Bonchev–Trinajstić information content (AvgIpc) is 3.12. The van der Waals surface area contributed by atoms with Crippen molar-refractivity contribution in [2.45, 2.75) is 71.3 Å². The van der Waals surface area contributed by atoms with Crippen molar-refractivity contribution in [2.24, 2.45) is 34.5 Å². The molecule has 1 aromatic carbocycles. The quantitative estimate of drug-likeness (QED) is 0.677. The zero-order chi connectivity index (χ0) is 20.2. The van der Waals surface area contributed by atoms with Crippen LogP contribution in [0.15, 0.2) is 29.2 Å². The van der Waals surface area contributed by atoms with E-state index in [1.807, 2.05) is 6.92 Å². The number of aliphatic hydroxyl groups is 1. The summed E-state index contributed by atoms with van der Waals surface area (Å²) in [6, 6.07) is 5.99. The minimum Gasteiger partial charge on any atom is -0.392 e. The number of benzene rings is 1. The number of hydrogen-bond donors (Lipinski definition) is 2. The second-order valence-corrected chi connectivity index (χ2v) is 11.4. The summed E-state index contributed by atoms with van der Waals surface area (Å²) in [4.78, 5) is -0.0666. The normalized spacial score (nSPS) is 39.4. The number of aryl methyl sites for hydroxylation is 1. The second-order valence-electron chi connectivity index (χ2n) is 10.0. The Labute approximate surface area is 164 Å². The van der Waals surface area contributed by atoms with Gasteiger partial charge in [-0.1, -0.05) is 51.8 Å². The number of hydrogen-bond acceptors (Lipinski definition) is 3. The minimum atomic E-state index is -4.02. The molecule has 3 aliphatic carbocycles. The molecule has 5 heteroatoms. The van der Waals surface area contributed by atoms with Crippen LogP contribution < -0.4 is 0 Å². The van der Waals surface area contributed by atoms with Crippen LogP contribution >= 0.6 is 0 Å². The molecule has 6 unspecified atom stereocenters. The van der Waals surface area contributed by atoms with E-state index in [1.54, 1.807) is 12.1 Å². The standard InChI is InChI=1S/C15H26O.C7H8O3S/c1-9-5-6-10-11(9)12-14(2,3)7-8-15(12,4)13(10)16;1-6-2-4-7(5-3-6)11(8,9)10/h9-13,16H,5-8H2,1-4H3;2-5H,1H3,(H,8,9,10). The van der Waals surface area contributed by atoms with Gasteiger partial charge in [0.2, 0.25) is 0 Å². The molecule has 4 rings (SSSR count). The highest BCUT2D eigenvalue weighted by Crippen LogP contribution is 2.69. The van der Waals surface area contributed by atoms with Crippen molar-refractivity contribution in [3.8, 4) is 0 Å². The highest BCUT2D eigenvalue weighted by molar-refractivity contribution is 7.85. The van der Waals surface area contributed by atoms with Crippen LogP contribution in [0.2, 0.25) is 0 Å². The average molecular weight is 395 g/mol. The predicted octanol–water partition coefficient (Wildman–Crippen LogP) is 4.71. The molecule has 0 aromatic heterocycles. The predicted molar refractivity (Wildman–Crippen MR) is 107 cm³/mol. The van der Waals surface area contributed by atoms with Gasteiger partial charge in [0.25, 0.3) is 10.1 Å². The summed E-state index contributed by atoms with van der Waals surface area (Å²) in [5.41, 5.74) is 1.64. The van der Waals surface area contributed by atoms with Crippen molar-refractivity contribution < 1.29 is 18.1 Å². The van der Waals surface area contributed by atoms with E-state index in [1.165, 1.54) is 37.8 Å². The number of fused-ring (bicyclic) bond motifs is 3. The zero-order valence-corrected chi connectivity index (χ0v) is 18.0. The molecule has 0 bridgehead atoms. The summed E-state index contributed by atoms with van der Waals surface area (Å²) in [5.74, 6) is 3.02. The monoisotopic (exact) mass is 394 g/mol. The fourth-order valence-electron chi connectivity index (χ4n) is 6.49. The first-order chi connectivity index (χ1) is 12.4. The maximum absolute atomic E-state index is 10.7. The van der Waals surface area contributed by atoms with Gasteiger partial charge < -0.3 is 5.11 Å². The van der Waals surface area contributed by atoms with Gasteiger partial charge in [-0.2, -0.15) is 8.42 Å². The molecule has 3 saturated carbocycles. The van der Waals surface area contributed by atoms with E-state index >= 15 is 0 Å². The summed E-state index contributed by atoms with van der Waals surface area (Å²) < 4.78 is 29.6. The third kappa shape index (κ3) is 3.58. The molecule has 152 valence electrons. The summed E-state index contributed by atoms with van der Waals surface area (Å²) in [7, 11) is -4.02. The van der Waals surface area contributed by atoms with Gasteiger partial charge >= 0.3 is 0 Å². The SMILES string of the molecule is CC1CCC2C1C1C(C)(C)CCC1(C)C2O.Cc1ccc(S(=O)(=O)O)cc1. The Bertz CT molecular complexity index is 783. The van der Waals surface area contributed by atoms with Crippen molar-refractivity contribution in [1.82, 2.24) is 0 Å². The van der Waals surface area contributed by atoms with Gasteiger partial charge in [0.1, 0.15) is 0 Å². The lowest BCUT2D eigenvalue weighted by atomic mass is 9.67. The minimum absolute atomic E-state index is 0.0192. The molecule has 0 amide bonds. The maximum Gasteiger partial charge on any atom is 0.294 e. The van der Waals surface area contributed by atoms with Gasteiger partial charge in [-0.15, -0.1) is 0 Å². The first kappa shape index (κ1) is 20.8. The molecule has 0 spiro atoms. The number of rotatable bonds is 1. The van der Waals surface area contributed by atoms with Crippen LogP contribution in [0, 0.1) is 41.4 Å². The van der Waals surface area contributed by atoms with Gasteiger partial charge in [-0.25, -0.2) is 0 Å². The molecule has 3 aliphatic rings. The third-order valence-electron chi connectivity index (χ3n) is 7.75. The van der Waals surface area contributed by atoms with Crippen molar-refractivity contribution in [1.29, 1.82) is 0 Å². The molecule has 0 radical (unpaired) electrons. The fraction of sp³-hybridized carbons (Fsp3) is 0.727. The molecular formula is C22H34O4S. The van der Waals surface area contributed by atoms with Crippen molar-refractivity contribution >= 4 is 10.1 Å². The van der Waals surface area contributed by atoms with Crippen molar-refractivity contribution in [2.75, 3.05) is 0 Å². The molecule has 4 nitrogen and oxygen atoms in total.